The van der Waals surface area contributed by atoms with Crippen LogP contribution in [0.3, 0.4) is 0 Å². The summed E-state index contributed by atoms with van der Waals surface area (Å²) in [6, 6.07) is 9.89. The third-order valence-electron chi connectivity index (χ3n) is 5.61. The first-order valence-electron chi connectivity index (χ1n) is 11.8. The van der Waals surface area contributed by atoms with Crippen molar-refractivity contribution in [2.75, 3.05) is 0 Å². The molecular formula is C27H36F2O2. The van der Waals surface area contributed by atoms with Gasteiger partial charge >= 0.3 is 5.97 Å². The van der Waals surface area contributed by atoms with Crippen LogP contribution in [0.4, 0.5) is 8.78 Å². The second kappa shape index (κ2) is 14.0. The quantitative estimate of drug-likeness (QED) is 0.171. The fraction of sp³-hybridized carbons (Fsp3) is 0.519. The zero-order valence-electron chi connectivity index (χ0n) is 19.0. The van der Waals surface area contributed by atoms with Crippen LogP contribution in [-0.4, -0.2) is 5.97 Å². The Morgan fingerprint density at radius 2 is 1.32 bits per heavy atom. The van der Waals surface area contributed by atoms with E-state index in [1.54, 1.807) is 12.1 Å². The Morgan fingerprint density at radius 3 is 1.94 bits per heavy atom. The molecule has 4 heteroatoms. The molecule has 0 aliphatic heterocycles. The molecule has 0 N–H and O–H groups in total. The summed E-state index contributed by atoms with van der Waals surface area (Å²) in [5, 5.41) is 0. The van der Waals surface area contributed by atoms with Crippen LogP contribution in [0.5, 0.6) is 5.75 Å². The maximum Gasteiger partial charge on any atom is 0.343 e. The molecule has 0 atom stereocenters. The number of benzene rings is 2. The van der Waals surface area contributed by atoms with E-state index in [0.29, 0.717) is 17.5 Å². The first kappa shape index (κ1) is 25.0. The third-order valence-corrected chi connectivity index (χ3v) is 5.61. The van der Waals surface area contributed by atoms with E-state index in [1.165, 1.54) is 50.7 Å². The van der Waals surface area contributed by atoms with Gasteiger partial charge in [-0.25, -0.2) is 9.18 Å². The molecular weight excluding hydrogens is 394 g/mol. The van der Waals surface area contributed by atoms with Crippen LogP contribution in [-0.2, 0) is 12.8 Å². The summed E-state index contributed by atoms with van der Waals surface area (Å²) in [6.07, 6.45) is 13.0. The average molecular weight is 431 g/mol. The topological polar surface area (TPSA) is 26.3 Å². The Morgan fingerprint density at radius 1 is 0.710 bits per heavy atom. The van der Waals surface area contributed by atoms with Gasteiger partial charge in [-0.2, -0.15) is 4.39 Å². The molecule has 0 saturated carbocycles. The number of esters is 1. The highest BCUT2D eigenvalue weighted by molar-refractivity contribution is 5.91. The van der Waals surface area contributed by atoms with Crippen molar-refractivity contribution in [3.05, 3.63) is 64.7 Å². The molecule has 0 aromatic heterocycles. The molecule has 0 spiro atoms. The molecule has 2 rings (SSSR count). The minimum Gasteiger partial charge on any atom is -0.420 e. The van der Waals surface area contributed by atoms with E-state index in [0.717, 1.165) is 37.7 Å². The maximum atomic E-state index is 14.4. The van der Waals surface area contributed by atoms with Crippen molar-refractivity contribution in [1.29, 1.82) is 0 Å². The van der Waals surface area contributed by atoms with Gasteiger partial charge in [0.1, 0.15) is 0 Å². The van der Waals surface area contributed by atoms with Crippen molar-refractivity contribution < 1.29 is 18.3 Å². The van der Waals surface area contributed by atoms with Crippen LogP contribution < -0.4 is 4.74 Å². The lowest BCUT2D eigenvalue weighted by Crippen LogP contribution is -2.10. The van der Waals surface area contributed by atoms with Gasteiger partial charge < -0.3 is 4.74 Å². The summed E-state index contributed by atoms with van der Waals surface area (Å²) in [6.45, 7) is 4.29. The van der Waals surface area contributed by atoms with Gasteiger partial charge in [0.2, 0.25) is 5.82 Å². The minimum absolute atomic E-state index is 0.318. The number of carbonyl (C=O) groups excluding carboxylic acids is 1. The zero-order valence-corrected chi connectivity index (χ0v) is 19.0. The van der Waals surface area contributed by atoms with E-state index in [2.05, 4.69) is 13.8 Å². The normalized spacial score (nSPS) is 11.0. The van der Waals surface area contributed by atoms with Crippen LogP contribution >= 0.6 is 0 Å². The molecule has 2 aromatic rings. The Bertz CT molecular complexity index is 800. The highest BCUT2D eigenvalue weighted by Gasteiger charge is 2.18. The number of carbonyl (C=O) groups is 1. The van der Waals surface area contributed by atoms with Gasteiger partial charge in [-0.1, -0.05) is 89.8 Å². The predicted octanol–water partition coefficient (Wildman–Crippen LogP) is 8.21. The van der Waals surface area contributed by atoms with Crippen LogP contribution in [0.15, 0.2) is 36.4 Å². The SMILES string of the molecule is CCCCCCCCCCCc1ccc(OC(=O)c2ccc(CCC)cc2)c(F)c1F. The lowest BCUT2D eigenvalue weighted by atomic mass is 10.0. The first-order chi connectivity index (χ1) is 15.1. The number of hydrogen-bond acceptors (Lipinski definition) is 2. The minimum atomic E-state index is -1.09. The van der Waals surface area contributed by atoms with Crippen LogP contribution in [0, 0.1) is 11.6 Å². The molecule has 0 bridgehead atoms. The largest absolute Gasteiger partial charge is 0.420 e. The Labute approximate surface area is 186 Å². The molecule has 0 radical (unpaired) electrons. The second-order valence-corrected chi connectivity index (χ2v) is 8.27. The molecule has 2 nitrogen and oxygen atoms in total. The molecule has 0 saturated heterocycles. The smallest absolute Gasteiger partial charge is 0.343 e. The van der Waals surface area contributed by atoms with Gasteiger partial charge in [-0.05, 0) is 48.6 Å². The Hall–Kier alpha value is -2.23. The standard InChI is InChI=1S/C27H36F2O2/c1-3-5-6-7-8-9-10-11-12-14-22-19-20-24(26(29)25(22)28)31-27(30)23-17-15-21(13-4-2)16-18-23/h15-20H,3-14H2,1-2H3. The first-order valence-corrected chi connectivity index (χ1v) is 11.8. The van der Waals surface area contributed by atoms with Gasteiger partial charge in [-0.15, -0.1) is 0 Å². The Kier molecular flexibility index (Phi) is 11.3. The molecule has 0 aliphatic rings. The maximum absolute atomic E-state index is 14.4. The number of halogens is 2. The molecule has 170 valence electrons. The molecule has 0 aliphatic carbocycles. The molecule has 31 heavy (non-hydrogen) atoms. The van der Waals surface area contributed by atoms with Crippen molar-refractivity contribution in [3.63, 3.8) is 0 Å². The summed E-state index contributed by atoms with van der Waals surface area (Å²) < 4.78 is 34.0. The second-order valence-electron chi connectivity index (χ2n) is 8.27. The lowest BCUT2D eigenvalue weighted by Gasteiger charge is -2.10. The van der Waals surface area contributed by atoms with E-state index in [4.69, 9.17) is 4.74 Å². The summed E-state index contributed by atoms with van der Waals surface area (Å²) in [7, 11) is 0. The van der Waals surface area contributed by atoms with Crippen LogP contribution in [0.2, 0.25) is 0 Å². The molecule has 0 unspecified atom stereocenters. The number of hydrogen-bond donors (Lipinski definition) is 0. The summed E-state index contributed by atoms with van der Waals surface area (Å²) >= 11 is 0. The van der Waals surface area contributed by atoms with Crippen molar-refractivity contribution >= 4 is 5.97 Å². The zero-order chi connectivity index (χ0) is 22.5. The third kappa shape index (κ3) is 8.43. The molecule has 0 heterocycles. The molecule has 2 aromatic carbocycles. The summed E-state index contributed by atoms with van der Waals surface area (Å²) in [4.78, 5) is 12.3. The summed E-state index contributed by atoms with van der Waals surface area (Å²) in [5.41, 5.74) is 1.78. The van der Waals surface area contributed by atoms with E-state index in [1.807, 2.05) is 12.1 Å². The van der Waals surface area contributed by atoms with Crippen LogP contribution in [0.25, 0.3) is 0 Å². The lowest BCUT2D eigenvalue weighted by molar-refractivity contribution is 0.0726. The van der Waals surface area contributed by atoms with E-state index in [9.17, 15) is 13.6 Å². The van der Waals surface area contributed by atoms with Gasteiger partial charge in [0.25, 0.3) is 0 Å². The fourth-order valence-corrected chi connectivity index (χ4v) is 3.72. The van der Waals surface area contributed by atoms with Gasteiger partial charge in [0.05, 0.1) is 5.56 Å². The van der Waals surface area contributed by atoms with Crippen molar-refractivity contribution in [2.45, 2.75) is 90.9 Å². The number of ether oxygens (including phenoxy) is 1. The van der Waals surface area contributed by atoms with Gasteiger partial charge in [0.15, 0.2) is 11.6 Å². The van der Waals surface area contributed by atoms with Gasteiger partial charge in [0, 0.05) is 0 Å². The van der Waals surface area contributed by atoms with Crippen LogP contribution in [0.1, 0.15) is 99.5 Å². The van der Waals surface area contributed by atoms with E-state index in [-0.39, 0.29) is 5.75 Å². The molecule has 0 fully saturated rings. The van der Waals surface area contributed by atoms with E-state index < -0.39 is 17.6 Å². The predicted molar refractivity (Wildman–Crippen MR) is 123 cm³/mol. The number of unbranched alkanes of at least 4 members (excludes halogenated alkanes) is 8. The number of aryl methyl sites for hydroxylation is 2. The van der Waals surface area contributed by atoms with Crippen molar-refractivity contribution in [3.8, 4) is 5.75 Å². The highest BCUT2D eigenvalue weighted by Crippen LogP contribution is 2.25. The summed E-state index contributed by atoms with van der Waals surface area (Å²) in [5.74, 6) is -3.06. The van der Waals surface area contributed by atoms with Crippen molar-refractivity contribution in [2.24, 2.45) is 0 Å². The monoisotopic (exact) mass is 430 g/mol. The number of rotatable bonds is 14. The fourth-order valence-electron chi connectivity index (χ4n) is 3.72. The van der Waals surface area contributed by atoms with Crippen molar-refractivity contribution in [1.82, 2.24) is 0 Å². The highest BCUT2D eigenvalue weighted by atomic mass is 19.2. The molecule has 0 amide bonds. The van der Waals surface area contributed by atoms with E-state index >= 15 is 0 Å². The average Bonchev–Trinajstić information content (AvgIpc) is 2.77. The van der Waals surface area contributed by atoms with Gasteiger partial charge in [-0.3, -0.25) is 0 Å². The Balaban J connectivity index is 1.81.